The predicted octanol–water partition coefficient (Wildman–Crippen LogP) is 5.18. The number of amides is 2. The fraction of sp³-hybridized carbons (Fsp3) is 0.231. The second-order valence-electron chi connectivity index (χ2n) is 8.05. The Morgan fingerprint density at radius 3 is 2.48 bits per heavy atom. The molecule has 3 aromatic rings. The third-order valence-electron chi connectivity index (χ3n) is 5.57. The van der Waals surface area contributed by atoms with E-state index in [0.29, 0.717) is 24.4 Å². The Labute approximate surface area is 187 Å². The molecule has 1 heterocycles. The van der Waals surface area contributed by atoms with E-state index in [1.54, 1.807) is 0 Å². The lowest BCUT2D eigenvalue weighted by atomic mass is 10.0. The molecule has 1 aliphatic heterocycles. The molecule has 3 aromatic carbocycles. The Kier molecular flexibility index (Phi) is 6.14. The van der Waals surface area contributed by atoms with Crippen LogP contribution in [0.5, 0.6) is 0 Å². The number of nitrogens with zero attached hydrogens (tertiary/aromatic N) is 1. The summed E-state index contributed by atoms with van der Waals surface area (Å²) in [7, 11) is 0. The molecule has 0 spiro atoms. The van der Waals surface area contributed by atoms with Crippen LogP contribution in [-0.4, -0.2) is 17.6 Å². The van der Waals surface area contributed by atoms with Crippen molar-refractivity contribution in [2.75, 3.05) is 10.7 Å². The van der Waals surface area contributed by atoms with Crippen molar-refractivity contribution in [1.29, 1.82) is 0 Å². The minimum absolute atomic E-state index is 0.0654. The third kappa shape index (κ3) is 4.83. The molecule has 0 saturated heterocycles. The Morgan fingerprint density at radius 2 is 1.71 bits per heavy atom. The summed E-state index contributed by atoms with van der Waals surface area (Å²) in [6, 6.07) is 20.0. The summed E-state index contributed by atoms with van der Waals surface area (Å²) in [5.41, 5.74) is 7.07. The van der Waals surface area contributed by atoms with Crippen LogP contribution < -0.4 is 10.2 Å². The molecule has 158 valence electrons. The van der Waals surface area contributed by atoms with E-state index in [9.17, 15) is 9.59 Å². The average molecular weight is 431 g/mol. The predicted molar refractivity (Wildman–Crippen MR) is 127 cm³/mol. The van der Waals surface area contributed by atoms with Crippen LogP contribution in [0.1, 0.15) is 38.2 Å². The van der Waals surface area contributed by atoms with Crippen LogP contribution in [0, 0.1) is 20.8 Å². The lowest BCUT2D eigenvalue weighted by Crippen LogP contribution is -2.35. The van der Waals surface area contributed by atoms with Crippen molar-refractivity contribution >= 4 is 29.3 Å². The Bertz CT molecular complexity index is 1140. The molecule has 4 nitrogen and oxygen atoms in total. The van der Waals surface area contributed by atoms with Gasteiger partial charge in [0.05, 0.1) is 18.0 Å². The molecule has 5 heteroatoms. The van der Waals surface area contributed by atoms with Gasteiger partial charge in [0, 0.05) is 17.0 Å². The molecule has 4 rings (SSSR count). The number of hydrogen-bond acceptors (Lipinski definition) is 3. The standard InChI is InChI=1S/C26H26N2O2S/c1-17-5-8-20(9-6-17)14-27-26(30)21-10-11-24-23(13-21)28(25(29)16-31-24)15-22-12-18(2)4-7-19(22)3/h4-13H,14-16H2,1-3H3,(H,27,30). The van der Waals surface area contributed by atoms with Gasteiger partial charge in [0.25, 0.3) is 5.91 Å². The summed E-state index contributed by atoms with van der Waals surface area (Å²) in [5.74, 6) is 0.338. The van der Waals surface area contributed by atoms with E-state index in [-0.39, 0.29) is 11.8 Å². The van der Waals surface area contributed by atoms with Crippen LogP contribution in [-0.2, 0) is 17.9 Å². The number of fused-ring (bicyclic) bond motifs is 1. The molecule has 0 aliphatic carbocycles. The highest BCUT2D eigenvalue weighted by Crippen LogP contribution is 2.37. The van der Waals surface area contributed by atoms with Crippen molar-refractivity contribution in [1.82, 2.24) is 5.32 Å². The zero-order valence-corrected chi connectivity index (χ0v) is 18.9. The van der Waals surface area contributed by atoms with Gasteiger partial charge in [-0.1, -0.05) is 53.6 Å². The molecule has 2 amide bonds. The number of nitrogens with one attached hydrogen (secondary N) is 1. The average Bonchev–Trinajstić information content (AvgIpc) is 2.77. The Balaban J connectivity index is 1.56. The molecule has 0 bridgehead atoms. The molecule has 31 heavy (non-hydrogen) atoms. The van der Waals surface area contributed by atoms with Crippen molar-refractivity contribution in [2.24, 2.45) is 0 Å². The first-order valence-corrected chi connectivity index (χ1v) is 11.4. The lowest BCUT2D eigenvalue weighted by molar-refractivity contribution is -0.116. The number of carbonyl (C=O) groups excluding carboxylic acids is 2. The normalized spacial score (nSPS) is 13.1. The van der Waals surface area contributed by atoms with E-state index in [0.717, 1.165) is 27.3 Å². The van der Waals surface area contributed by atoms with Crippen LogP contribution in [0.3, 0.4) is 0 Å². The van der Waals surface area contributed by atoms with E-state index in [4.69, 9.17) is 0 Å². The van der Waals surface area contributed by atoms with Crippen molar-refractivity contribution < 1.29 is 9.59 Å². The minimum Gasteiger partial charge on any atom is -0.348 e. The van der Waals surface area contributed by atoms with Crippen LogP contribution in [0.2, 0.25) is 0 Å². The summed E-state index contributed by atoms with van der Waals surface area (Å²) in [6.45, 7) is 7.14. The van der Waals surface area contributed by atoms with Gasteiger partial charge in [-0.25, -0.2) is 0 Å². The number of rotatable bonds is 5. The van der Waals surface area contributed by atoms with E-state index >= 15 is 0 Å². The summed E-state index contributed by atoms with van der Waals surface area (Å²) in [4.78, 5) is 28.4. The fourth-order valence-corrected chi connectivity index (χ4v) is 4.56. The maximum atomic E-state index is 12.8. The number of carbonyl (C=O) groups is 2. The maximum absolute atomic E-state index is 12.8. The highest BCUT2D eigenvalue weighted by Gasteiger charge is 2.26. The summed E-state index contributed by atoms with van der Waals surface area (Å²) in [5, 5.41) is 2.98. The van der Waals surface area contributed by atoms with Crippen molar-refractivity contribution in [3.63, 3.8) is 0 Å². The van der Waals surface area contributed by atoms with E-state index in [2.05, 4.69) is 37.4 Å². The highest BCUT2D eigenvalue weighted by molar-refractivity contribution is 8.00. The third-order valence-corrected chi connectivity index (χ3v) is 6.62. The van der Waals surface area contributed by atoms with E-state index < -0.39 is 0 Å². The molecule has 0 radical (unpaired) electrons. The van der Waals surface area contributed by atoms with Gasteiger partial charge in [-0.15, -0.1) is 11.8 Å². The maximum Gasteiger partial charge on any atom is 0.251 e. The summed E-state index contributed by atoms with van der Waals surface area (Å²) < 4.78 is 0. The van der Waals surface area contributed by atoms with Gasteiger partial charge in [0.15, 0.2) is 0 Å². The van der Waals surface area contributed by atoms with Crippen molar-refractivity contribution in [3.05, 3.63) is 94.0 Å². The fourth-order valence-electron chi connectivity index (χ4n) is 3.65. The monoisotopic (exact) mass is 430 g/mol. The summed E-state index contributed by atoms with van der Waals surface area (Å²) in [6.07, 6.45) is 0. The smallest absolute Gasteiger partial charge is 0.251 e. The van der Waals surface area contributed by atoms with Crippen LogP contribution in [0.4, 0.5) is 5.69 Å². The second-order valence-corrected chi connectivity index (χ2v) is 9.07. The molecule has 0 saturated carbocycles. The van der Waals surface area contributed by atoms with Gasteiger partial charge in [-0.3, -0.25) is 9.59 Å². The number of anilines is 1. The SMILES string of the molecule is Cc1ccc(CNC(=O)c2ccc3c(c2)N(Cc2cc(C)ccc2C)C(=O)CS3)cc1. The zero-order valence-electron chi connectivity index (χ0n) is 18.1. The largest absolute Gasteiger partial charge is 0.348 e. The molecular formula is C26H26N2O2S. The molecule has 0 atom stereocenters. The number of aryl methyl sites for hydroxylation is 3. The van der Waals surface area contributed by atoms with Gasteiger partial charge < -0.3 is 10.2 Å². The minimum atomic E-state index is -0.141. The molecule has 0 unspecified atom stereocenters. The topological polar surface area (TPSA) is 49.4 Å². The number of hydrogen-bond donors (Lipinski definition) is 1. The first-order valence-electron chi connectivity index (χ1n) is 10.4. The van der Waals surface area contributed by atoms with Crippen molar-refractivity contribution in [2.45, 2.75) is 38.8 Å². The molecule has 1 N–H and O–H groups in total. The first kappa shape index (κ1) is 21.2. The number of thioether (sulfide) groups is 1. The Hall–Kier alpha value is -3.05. The van der Waals surface area contributed by atoms with Gasteiger partial charge in [0.1, 0.15) is 0 Å². The van der Waals surface area contributed by atoms with E-state index in [1.165, 1.54) is 22.9 Å². The first-order chi connectivity index (χ1) is 14.9. The zero-order chi connectivity index (χ0) is 22.0. The quantitative estimate of drug-likeness (QED) is 0.607. The summed E-state index contributed by atoms with van der Waals surface area (Å²) >= 11 is 1.53. The number of benzene rings is 3. The van der Waals surface area contributed by atoms with Gasteiger partial charge in [-0.05, 0) is 55.7 Å². The van der Waals surface area contributed by atoms with Gasteiger partial charge >= 0.3 is 0 Å². The molecule has 0 fully saturated rings. The van der Waals surface area contributed by atoms with Crippen LogP contribution in [0.15, 0.2) is 65.6 Å². The van der Waals surface area contributed by atoms with Crippen LogP contribution in [0.25, 0.3) is 0 Å². The Morgan fingerprint density at radius 1 is 0.968 bits per heavy atom. The highest BCUT2D eigenvalue weighted by atomic mass is 32.2. The molecule has 1 aliphatic rings. The lowest BCUT2D eigenvalue weighted by Gasteiger charge is -2.30. The molecule has 0 aromatic heterocycles. The van der Waals surface area contributed by atoms with Gasteiger partial charge in [0.2, 0.25) is 5.91 Å². The van der Waals surface area contributed by atoms with Crippen LogP contribution >= 0.6 is 11.8 Å². The van der Waals surface area contributed by atoms with E-state index in [1.807, 2.05) is 54.3 Å². The van der Waals surface area contributed by atoms with Gasteiger partial charge in [-0.2, -0.15) is 0 Å². The molecular weight excluding hydrogens is 404 g/mol. The second kappa shape index (κ2) is 8.98. The van der Waals surface area contributed by atoms with Crippen molar-refractivity contribution in [3.8, 4) is 0 Å².